The Balaban J connectivity index is 1.86. The first-order valence-electron chi connectivity index (χ1n) is 7.52. The maximum Gasteiger partial charge on any atom is 0.573 e. The van der Waals surface area contributed by atoms with Crippen LogP contribution in [0, 0.1) is 0 Å². The van der Waals surface area contributed by atoms with Crippen LogP contribution in [0.3, 0.4) is 0 Å². The number of benzene rings is 1. The number of hydrogen-bond acceptors (Lipinski definition) is 6. The number of halogens is 3. The van der Waals surface area contributed by atoms with Crippen LogP contribution in [-0.4, -0.2) is 54.3 Å². The highest BCUT2D eigenvalue weighted by Crippen LogP contribution is 2.33. The molecular formula is C14H17F3N2O5S2. The monoisotopic (exact) mass is 414 g/mol. The van der Waals surface area contributed by atoms with Crippen molar-refractivity contribution in [2.24, 2.45) is 0 Å². The van der Waals surface area contributed by atoms with Gasteiger partial charge in [0.05, 0.1) is 0 Å². The van der Waals surface area contributed by atoms with Crippen LogP contribution in [0.4, 0.5) is 13.2 Å². The van der Waals surface area contributed by atoms with Crippen molar-refractivity contribution >= 4 is 27.7 Å². The molecule has 2 N–H and O–H groups in total. The SMILES string of the molecule is O=C(CS(=O)(=O)N1CCC(Sc2ccc(OC(F)(F)F)cc2)CC1)NO. The highest BCUT2D eigenvalue weighted by molar-refractivity contribution is 8.00. The summed E-state index contributed by atoms with van der Waals surface area (Å²) in [4.78, 5) is 11.8. The van der Waals surface area contributed by atoms with Crippen LogP contribution < -0.4 is 10.2 Å². The van der Waals surface area contributed by atoms with Gasteiger partial charge in [-0.1, -0.05) is 0 Å². The van der Waals surface area contributed by atoms with E-state index in [1.54, 1.807) is 0 Å². The van der Waals surface area contributed by atoms with Gasteiger partial charge >= 0.3 is 6.36 Å². The van der Waals surface area contributed by atoms with Gasteiger partial charge in [0.15, 0.2) is 0 Å². The second-order valence-corrected chi connectivity index (χ2v) is 8.87. The number of thioether (sulfide) groups is 1. The molecule has 1 fully saturated rings. The number of nitrogens with zero attached hydrogens (tertiary/aromatic N) is 1. The van der Waals surface area contributed by atoms with E-state index in [0.717, 1.165) is 4.90 Å². The zero-order chi connectivity index (χ0) is 19.4. The quantitative estimate of drug-likeness (QED) is 0.546. The number of ether oxygens (including phenoxy) is 1. The first kappa shape index (κ1) is 20.8. The minimum Gasteiger partial charge on any atom is -0.406 e. The van der Waals surface area contributed by atoms with E-state index in [4.69, 9.17) is 5.21 Å². The van der Waals surface area contributed by atoms with E-state index in [1.807, 2.05) is 0 Å². The fraction of sp³-hybridized carbons (Fsp3) is 0.500. The maximum atomic E-state index is 12.1. The molecule has 0 aromatic heterocycles. The summed E-state index contributed by atoms with van der Waals surface area (Å²) in [5.74, 6) is -2.12. The third-order valence-electron chi connectivity index (χ3n) is 3.59. The molecule has 0 atom stereocenters. The minimum atomic E-state index is -4.74. The lowest BCUT2D eigenvalue weighted by Crippen LogP contribution is -2.43. The van der Waals surface area contributed by atoms with Crippen molar-refractivity contribution < 1.29 is 36.3 Å². The second kappa shape index (κ2) is 8.46. The lowest BCUT2D eigenvalue weighted by atomic mass is 10.2. The topological polar surface area (TPSA) is 95.9 Å². The van der Waals surface area contributed by atoms with Crippen LogP contribution >= 0.6 is 11.8 Å². The predicted octanol–water partition coefficient (Wildman–Crippen LogP) is 1.98. The van der Waals surface area contributed by atoms with Crippen molar-refractivity contribution in [2.75, 3.05) is 18.8 Å². The third-order valence-corrected chi connectivity index (χ3v) is 6.72. The van der Waals surface area contributed by atoms with Crippen LogP contribution in [0.2, 0.25) is 0 Å². The number of nitrogens with one attached hydrogen (secondary N) is 1. The number of sulfonamides is 1. The molecule has 0 spiro atoms. The molecule has 0 radical (unpaired) electrons. The van der Waals surface area contributed by atoms with E-state index in [1.165, 1.54) is 45.8 Å². The molecule has 26 heavy (non-hydrogen) atoms. The largest absolute Gasteiger partial charge is 0.573 e. The van der Waals surface area contributed by atoms with Crippen LogP contribution in [-0.2, 0) is 14.8 Å². The average Bonchev–Trinajstić information content (AvgIpc) is 2.55. The van der Waals surface area contributed by atoms with E-state index in [-0.39, 0.29) is 24.1 Å². The number of alkyl halides is 3. The van der Waals surface area contributed by atoms with Gasteiger partial charge in [0, 0.05) is 23.2 Å². The molecule has 1 aliphatic rings. The number of carbonyl (C=O) groups excluding carboxylic acids is 1. The highest BCUT2D eigenvalue weighted by atomic mass is 32.2. The Hall–Kier alpha value is -1.50. The van der Waals surface area contributed by atoms with E-state index in [2.05, 4.69) is 4.74 Å². The van der Waals surface area contributed by atoms with E-state index in [0.29, 0.717) is 12.8 Å². The number of amides is 1. The Labute approximate surface area is 152 Å². The molecule has 2 rings (SSSR count). The number of piperidine rings is 1. The molecule has 0 saturated carbocycles. The summed E-state index contributed by atoms with van der Waals surface area (Å²) >= 11 is 1.44. The van der Waals surface area contributed by atoms with Gasteiger partial charge in [-0.2, -0.15) is 0 Å². The third kappa shape index (κ3) is 6.34. The minimum absolute atomic E-state index is 0.0995. The summed E-state index contributed by atoms with van der Waals surface area (Å²) < 4.78 is 65.4. The summed E-state index contributed by atoms with van der Waals surface area (Å²) in [7, 11) is -3.78. The van der Waals surface area contributed by atoms with Crippen molar-refractivity contribution in [3.63, 3.8) is 0 Å². The fourth-order valence-corrected chi connectivity index (χ4v) is 4.90. The maximum absolute atomic E-state index is 12.1. The normalized spacial score (nSPS) is 17.1. The number of carbonyl (C=O) groups is 1. The molecule has 7 nitrogen and oxygen atoms in total. The van der Waals surface area contributed by atoms with Gasteiger partial charge in [0.25, 0.3) is 5.91 Å². The first-order chi connectivity index (χ1) is 12.1. The smallest absolute Gasteiger partial charge is 0.406 e. The molecule has 1 saturated heterocycles. The second-order valence-electron chi connectivity index (χ2n) is 5.53. The number of hydrogen-bond donors (Lipinski definition) is 2. The lowest BCUT2D eigenvalue weighted by molar-refractivity contribution is -0.274. The number of rotatable bonds is 6. The average molecular weight is 414 g/mol. The highest BCUT2D eigenvalue weighted by Gasteiger charge is 2.31. The first-order valence-corrected chi connectivity index (χ1v) is 10.0. The Bertz CT molecular complexity index is 717. The summed E-state index contributed by atoms with van der Waals surface area (Å²) in [6, 6.07) is 5.48. The molecule has 1 aliphatic heterocycles. The molecule has 146 valence electrons. The Kier molecular flexibility index (Phi) is 6.77. The van der Waals surface area contributed by atoms with Gasteiger partial charge in [-0.05, 0) is 37.1 Å². The van der Waals surface area contributed by atoms with Crippen LogP contribution in [0.15, 0.2) is 29.2 Å². The van der Waals surface area contributed by atoms with E-state index < -0.39 is 28.0 Å². The van der Waals surface area contributed by atoms with Crippen molar-refractivity contribution in [3.8, 4) is 5.75 Å². The standard InChI is InChI=1S/C14H17F3N2O5S2/c15-14(16,17)24-10-1-3-11(4-2-10)25-12-5-7-19(8-6-12)26(22,23)9-13(20)18-21/h1-4,12,21H,5-9H2,(H,18,20). The number of hydroxylamine groups is 1. The van der Waals surface area contributed by atoms with Gasteiger partial charge < -0.3 is 4.74 Å². The van der Waals surface area contributed by atoms with Crippen molar-refractivity contribution in [2.45, 2.75) is 29.3 Å². The summed E-state index contributed by atoms with van der Waals surface area (Å²) in [6.07, 6.45) is -3.67. The molecule has 1 aromatic carbocycles. The van der Waals surface area contributed by atoms with Gasteiger partial charge in [-0.15, -0.1) is 24.9 Å². The Morgan fingerprint density at radius 1 is 1.27 bits per heavy atom. The van der Waals surface area contributed by atoms with Crippen molar-refractivity contribution in [1.82, 2.24) is 9.79 Å². The fourth-order valence-electron chi connectivity index (χ4n) is 2.43. The summed E-state index contributed by atoms with van der Waals surface area (Å²) in [5, 5.41) is 8.53. The zero-order valence-corrected chi connectivity index (χ0v) is 15.0. The molecule has 0 unspecified atom stereocenters. The summed E-state index contributed by atoms with van der Waals surface area (Å²) in [6.45, 7) is 0.460. The summed E-state index contributed by atoms with van der Waals surface area (Å²) in [5.41, 5.74) is 1.29. The lowest BCUT2D eigenvalue weighted by Gasteiger charge is -2.30. The Morgan fingerprint density at radius 2 is 1.85 bits per heavy atom. The van der Waals surface area contributed by atoms with E-state index in [9.17, 15) is 26.4 Å². The van der Waals surface area contributed by atoms with Gasteiger partial charge in [-0.25, -0.2) is 18.2 Å². The molecular weight excluding hydrogens is 397 g/mol. The van der Waals surface area contributed by atoms with Crippen molar-refractivity contribution in [3.05, 3.63) is 24.3 Å². The molecule has 1 amide bonds. The molecule has 12 heteroatoms. The Morgan fingerprint density at radius 3 is 2.35 bits per heavy atom. The van der Waals surface area contributed by atoms with Crippen LogP contribution in [0.25, 0.3) is 0 Å². The molecule has 0 bridgehead atoms. The molecule has 1 heterocycles. The van der Waals surface area contributed by atoms with Gasteiger partial charge in [0.1, 0.15) is 11.5 Å². The van der Waals surface area contributed by atoms with Crippen molar-refractivity contribution in [1.29, 1.82) is 0 Å². The molecule has 1 aromatic rings. The predicted molar refractivity (Wildman–Crippen MR) is 87.3 cm³/mol. The zero-order valence-electron chi connectivity index (χ0n) is 13.4. The molecule has 0 aliphatic carbocycles. The van der Waals surface area contributed by atoms with Gasteiger partial charge in [-0.3, -0.25) is 10.0 Å². The van der Waals surface area contributed by atoms with E-state index >= 15 is 0 Å². The van der Waals surface area contributed by atoms with Crippen LogP contribution in [0.1, 0.15) is 12.8 Å². The van der Waals surface area contributed by atoms with Crippen LogP contribution in [0.5, 0.6) is 5.75 Å². The van der Waals surface area contributed by atoms with Gasteiger partial charge in [0.2, 0.25) is 10.0 Å².